The zero-order valence-corrected chi connectivity index (χ0v) is 13.4. The minimum Gasteiger partial charge on any atom is -0.381 e. The van der Waals surface area contributed by atoms with Gasteiger partial charge in [0.1, 0.15) is 0 Å². The average Bonchev–Trinajstić information content (AvgIpc) is 2.97. The number of para-hydroxylation sites is 1. The molecule has 0 spiro atoms. The van der Waals surface area contributed by atoms with Crippen molar-refractivity contribution in [3.63, 3.8) is 0 Å². The first kappa shape index (κ1) is 14.9. The second kappa shape index (κ2) is 6.37. The summed E-state index contributed by atoms with van der Waals surface area (Å²) in [5, 5.41) is 3.55. The number of hydrogen-bond acceptors (Lipinski definition) is 3. The van der Waals surface area contributed by atoms with E-state index in [0.717, 1.165) is 32.8 Å². The Morgan fingerprint density at radius 3 is 3.00 bits per heavy atom. The first-order valence-corrected chi connectivity index (χ1v) is 8.37. The van der Waals surface area contributed by atoms with Crippen LogP contribution in [0.3, 0.4) is 0 Å². The van der Waals surface area contributed by atoms with Gasteiger partial charge in [-0.05, 0) is 44.4 Å². The van der Waals surface area contributed by atoms with Gasteiger partial charge in [-0.25, -0.2) is 0 Å². The molecule has 0 amide bonds. The van der Waals surface area contributed by atoms with Gasteiger partial charge in [-0.15, -0.1) is 0 Å². The second-order valence-electron chi connectivity index (χ2n) is 6.73. The molecule has 2 heterocycles. The maximum absolute atomic E-state index is 5.76. The van der Waals surface area contributed by atoms with Crippen LogP contribution in [-0.4, -0.2) is 38.9 Å². The SMILES string of the molecule is CCNCC1(CN2c3ccccc3CCC2C)CCOC1. The van der Waals surface area contributed by atoms with Gasteiger partial charge in [0.05, 0.1) is 6.61 Å². The summed E-state index contributed by atoms with van der Waals surface area (Å²) in [5.74, 6) is 0. The van der Waals surface area contributed by atoms with Crippen LogP contribution < -0.4 is 10.2 Å². The topological polar surface area (TPSA) is 24.5 Å². The normalized spacial score (nSPS) is 28.7. The van der Waals surface area contributed by atoms with E-state index in [2.05, 4.69) is 48.3 Å². The highest BCUT2D eigenvalue weighted by Gasteiger charge is 2.38. The predicted octanol–water partition coefficient (Wildman–Crippen LogP) is 2.84. The van der Waals surface area contributed by atoms with Crippen molar-refractivity contribution in [1.82, 2.24) is 5.32 Å². The smallest absolute Gasteiger partial charge is 0.0552 e. The van der Waals surface area contributed by atoms with Gasteiger partial charge in [0.25, 0.3) is 0 Å². The highest BCUT2D eigenvalue weighted by molar-refractivity contribution is 5.56. The van der Waals surface area contributed by atoms with Crippen LogP contribution in [0, 0.1) is 5.41 Å². The third kappa shape index (κ3) is 3.09. The van der Waals surface area contributed by atoms with Crippen molar-refractivity contribution in [2.45, 2.75) is 39.2 Å². The highest BCUT2D eigenvalue weighted by atomic mass is 16.5. The number of nitrogens with zero attached hydrogens (tertiary/aromatic N) is 1. The van der Waals surface area contributed by atoms with Crippen LogP contribution in [0.1, 0.15) is 32.3 Å². The number of fused-ring (bicyclic) bond motifs is 1. The molecular formula is C18H28N2O. The van der Waals surface area contributed by atoms with Crippen LogP contribution in [0.15, 0.2) is 24.3 Å². The van der Waals surface area contributed by atoms with E-state index in [9.17, 15) is 0 Å². The van der Waals surface area contributed by atoms with Gasteiger partial charge in [-0.3, -0.25) is 0 Å². The van der Waals surface area contributed by atoms with Crippen LogP contribution in [0.25, 0.3) is 0 Å². The van der Waals surface area contributed by atoms with E-state index in [0.29, 0.717) is 6.04 Å². The lowest BCUT2D eigenvalue weighted by molar-refractivity contribution is 0.150. The molecule has 3 rings (SSSR count). The summed E-state index contributed by atoms with van der Waals surface area (Å²) >= 11 is 0. The van der Waals surface area contributed by atoms with E-state index in [1.807, 2.05) is 0 Å². The summed E-state index contributed by atoms with van der Waals surface area (Å²) in [4.78, 5) is 2.63. The second-order valence-corrected chi connectivity index (χ2v) is 6.73. The molecule has 0 bridgehead atoms. The summed E-state index contributed by atoms with van der Waals surface area (Å²) in [6.07, 6.45) is 3.64. The van der Waals surface area contributed by atoms with Crippen LogP contribution in [0.5, 0.6) is 0 Å². The molecule has 2 aliphatic rings. The van der Waals surface area contributed by atoms with E-state index in [1.165, 1.54) is 30.5 Å². The predicted molar refractivity (Wildman–Crippen MR) is 88.0 cm³/mol. The summed E-state index contributed by atoms with van der Waals surface area (Å²) in [5.41, 5.74) is 3.22. The van der Waals surface area contributed by atoms with Crippen LogP contribution in [-0.2, 0) is 11.2 Å². The fourth-order valence-electron chi connectivity index (χ4n) is 3.72. The van der Waals surface area contributed by atoms with Crippen molar-refractivity contribution in [2.75, 3.05) is 37.7 Å². The third-order valence-corrected chi connectivity index (χ3v) is 5.11. The molecule has 2 aliphatic heterocycles. The molecule has 3 nitrogen and oxygen atoms in total. The number of nitrogens with one attached hydrogen (secondary N) is 1. The molecule has 0 radical (unpaired) electrons. The van der Waals surface area contributed by atoms with Crippen LogP contribution in [0.4, 0.5) is 5.69 Å². The Bertz CT molecular complexity index is 468. The van der Waals surface area contributed by atoms with Crippen LogP contribution >= 0.6 is 0 Å². The molecule has 2 atom stereocenters. The molecule has 0 aliphatic carbocycles. The monoisotopic (exact) mass is 288 g/mol. The van der Waals surface area contributed by atoms with E-state index in [4.69, 9.17) is 4.74 Å². The van der Waals surface area contributed by atoms with Crippen molar-refractivity contribution in [3.8, 4) is 0 Å². The number of aryl methyl sites for hydroxylation is 1. The summed E-state index contributed by atoms with van der Waals surface area (Å²) in [6.45, 7) is 9.57. The molecule has 1 saturated heterocycles. The van der Waals surface area contributed by atoms with E-state index < -0.39 is 0 Å². The Morgan fingerprint density at radius 1 is 1.38 bits per heavy atom. The quantitative estimate of drug-likeness (QED) is 0.901. The van der Waals surface area contributed by atoms with Gasteiger partial charge in [0, 0.05) is 36.8 Å². The standard InChI is InChI=1S/C18H28N2O/c1-3-19-12-18(10-11-21-14-18)13-20-15(2)8-9-16-6-4-5-7-17(16)20/h4-7,15,19H,3,8-14H2,1-2H3. The van der Waals surface area contributed by atoms with E-state index >= 15 is 0 Å². The maximum Gasteiger partial charge on any atom is 0.0552 e. The molecule has 0 aromatic heterocycles. The Labute approximate surface area is 128 Å². The number of hydrogen-bond donors (Lipinski definition) is 1. The zero-order valence-electron chi connectivity index (χ0n) is 13.4. The lowest BCUT2D eigenvalue weighted by Gasteiger charge is -2.42. The van der Waals surface area contributed by atoms with Crippen molar-refractivity contribution in [3.05, 3.63) is 29.8 Å². The minimum atomic E-state index is 0.273. The molecule has 21 heavy (non-hydrogen) atoms. The minimum absolute atomic E-state index is 0.273. The van der Waals surface area contributed by atoms with Gasteiger partial charge in [-0.2, -0.15) is 0 Å². The number of anilines is 1. The molecule has 2 unspecified atom stereocenters. The fraction of sp³-hybridized carbons (Fsp3) is 0.667. The number of ether oxygens (including phenoxy) is 1. The first-order chi connectivity index (χ1) is 10.2. The number of rotatable bonds is 5. The molecule has 0 saturated carbocycles. The molecule has 3 heteroatoms. The van der Waals surface area contributed by atoms with Gasteiger partial charge in [0.15, 0.2) is 0 Å². The summed E-state index contributed by atoms with van der Waals surface area (Å²) in [6, 6.07) is 9.54. The molecule has 1 aromatic rings. The van der Waals surface area contributed by atoms with Gasteiger partial charge < -0.3 is 15.0 Å². The van der Waals surface area contributed by atoms with Crippen molar-refractivity contribution >= 4 is 5.69 Å². The molecule has 1 fully saturated rings. The Balaban J connectivity index is 1.82. The van der Waals surface area contributed by atoms with Crippen molar-refractivity contribution in [2.24, 2.45) is 5.41 Å². The maximum atomic E-state index is 5.76. The Kier molecular flexibility index (Phi) is 4.51. The lowest BCUT2D eigenvalue weighted by atomic mass is 9.84. The first-order valence-electron chi connectivity index (χ1n) is 8.37. The summed E-state index contributed by atoms with van der Waals surface area (Å²) < 4.78 is 5.76. The van der Waals surface area contributed by atoms with Gasteiger partial charge in [0.2, 0.25) is 0 Å². The molecule has 116 valence electrons. The molecule has 1 aromatic carbocycles. The van der Waals surface area contributed by atoms with E-state index in [-0.39, 0.29) is 5.41 Å². The number of benzene rings is 1. The van der Waals surface area contributed by atoms with E-state index in [1.54, 1.807) is 0 Å². The highest BCUT2D eigenvalue weighted by Crippen LogP contribution is 2.36. The largest absolute Gasteiger partial charge is 0.381 e. The molecule has 1 N–H and O–H groups in total. The molecular weight excluding hydrogens is 260 g/mol. The van der Waals surface area contributed by atoms with Crippen LogP contribution in [0.2, 0.25) is 0 Å². The van der Waals surface area contributed by atoms with Gasteiger partial charge >= 0.3 is 0 Å². The Hall–Kier alpha value is -1.06. The van der Waals surface area contributed by atoms with Crippen molar-refractivity contribution < 1.29 is 4.74 Å². The lowest BCUT2D eigenvalue weighted by Crippen LogP contribution is -2.49. The zero-order chi connectivity index (χ0) is 14.7. The van der Waals surface area contributed by atoms with Crippen molar-refractivity contribution in [1.29, 1.82) is 0 Å². The third-order valence-electron chi connectivity index (χ3n) is 5.11. The Morgan fingerprint density at radius 2 is 2.24 bits per heavy atom. The fourth-order valence-corrected chi connectivity index (χ4v) is 3.72. The van der Waals surface area contributed by atoms with Gasteiger partial charge in [-0.1, -0.05) is 25.1 Å². The average molecular weight is 288 g/mol. The summed E-state index contributed by atoms with van der Waals surface area (Å²) in [7, 11) is 0.